The number of aromatic nitrogens is 4. The van der Waals surface area contributed by atoms with Crippen molar-refractivity contribution in [2.24, 2.45) is 7.05 Å². The Bertz CT molecular complexity index is 1560. The molecule has 1 unspecified atom stereocenters. The third-order valence-electron chi connectivity index (χ3n) is 7.69. The number of pyridine rings is 1. The van der Waals surface area contributed by atoms with E-state index in [4.69, 9.17) is 4.98 Å². The van der Waals surface area contributed by atoms with Crippen LogP contribution in [0.5, 0.6) is 0 Å². The van der Waals surface area contributed by atoms with Gasteiger partial charge in [-0.1, -0.05) is 17.7 Å². The second kappa shape index (κ2) is 12.7. The number of nitrogens with one attached hydrogen (secondary N) is 1. The van der Waals surface area contributed by atoms with E-state index in [1.54, 1.807) is 20.0 Å². The van der Waals surface area contributed by atoms with Gasteiger partial charge in [0.15, 0.2) is 5.82 Å². The Morgan fingerprint density at radius 2 is 1.64 bits per heavy atom. The van der Waals surface area contributed by atoms with Crippen LogP contribution in [0.3, 0.4) is 0 Å². The fourth-order valence-electron chi connectivity index (χ4n) is 5.21. The first-order chi connectivity index (χ1) is 20.1. The highest BCUT2D eigenvalue weighted by molar-refractivity contribution is 8.00. The van der Waals surface area contributed by atoms with Crippen LogP contribution >= 0.6 is 11.8 Å². The second-order valence-corrected chi connectivity index (χ2v) is 12.6. The Kier molecular flexibility index (Phi) is 9.01. The van der Waals surface area contributed by atoms with E-state index in [0.29, 0.717) is 37.0 Å². The van der Waals surface area contributed by atoms with Crippen molar-refractivity contribution in [2.45, 2.75) is 63.8 Å². The number of anilines is 3. The van der Waals surface area contributed by atoms with E-state index in [2.05, 4.69) is 26.3 Å². The zero-order valence-electron chi connectivity index (χ0n) is 25.3. The van der Waals surface area contributed by atoms with E-state index in [1.165, 1.54) is 17.4 Å². The molecule has 5 rings (SSSR count). The molecule has 3 aromatic heterocycles. The average molecular weight is 590 g/mol. The van der Waals surface area contributed by atoms with Gasteiger partial charge < -0.3 is 15.1 Å². The lowest BCUT2D eigenvalue weighted by Crippen LogP contribution is -2.48. The normalized spacial score (nSPS) is 15.8. The van der Waals surface area contributed by atoms with E-state index in [-0.39, 0.29) is 17.4 Å². The summed E-state index contributed by atoms with van der Waals surface area (Å²) in [6, 6.07) is 9.27. The second-order valence-electron chi connectivity index (χ2n) is 11.3. The molecule has 0 bridgehead atoms. The molecule has 0 aromatic carbocycles. The molecule has 2 aliphatic rings. The Hall–Kier alpha value is -3.66. The van der Waals surface area contributed by atoms with Gasteiger partial charge in [0, 0.05) is 55.8 Å². The van der Waals surface area contributed by atoms with Crippen molar-refractivity contribution >= 4 is 29.0 Å². The first-order valence-corrected chi connectivity index (χ1v) is 15.4. The molecule has 1 saturated heterocycles. The van der Waals surface area contributed by atoms with E-state index in [0.717, 1.165) is 39.0 Å². The minimum absolute atomic E-state index is 0.206. The highest BCUT2D eigenvalue weighted by Gasteiger charge is 2.26. The molecule has 42 heavy (non-hydrogen) atoms. The molecule has 0 radical (unpaired) electrons. The van der Waals surface area contributed by atoms with E-state index in [9.17, 15) is 4.79 Å². The molecule has 1 saturated carbocycles. The van der Waals surface area contributed by atoms with Gasteiger partial charge in [-0.25, -0.2) is 19.3 Å². The number of halogens is 1. The number of rotatable bonds is 7. The maximum atomic E-state index is 16.4. The first-order valence-electron chi connectivity index (χ1n) is 14.5. The molecule has 2 fully saturated rings. The fourth-order valence-corrected chi connectivity index (χ4v) is 6.35. The Morgan fingerprint density at radius 3 is 2.31 bits per heavy atom. The van der Waals surface area contributed by atoms with Crippen molar-refractivity contribution in [1.29, 1.82) is 0 Å². The average Bonchev–Trinajstić information content (AvgIpc) is 3.78. The van der Waals surface area contributed by atoms with Gasteiger partial charge in [0.1, 0.15) is 16.7 Å². The number of piperazine rings is 1. The molecular weight excluding hydrogens is 549 g/mol. The van der Waals surface area contributed by atoms with E-state index >= 15 is 4.39 Å². The summed E-state index contributed by atoms with van der Waals surface area (Å²) in [5, 5.41) is 5.21. The van der Waals surface area contributed by atoms with Crippen molar-refractivity contribution < 1.29 is 4.39 Å². The molecule has 8 nitrogen and oxygen atoms in total. The van der Waals surface area contributed by atoms with Gasteiger partial charge in [-0.05, 0) is 71.2 Å². The topological polar surface area (TPSA) is 79.2 Å². The first kappa shape index (κ1) is 29.8. The minimum Gasteiger partial charge on any atom is -0.376 e. The van der Waals surface area contributed by atoms with Crippen molar-refractivity contribution in [3.63, 3.8) is 0 Å². The summed E-state index contributed by atoms with van der Waals surface area (Å²) < 4.78 is 17.9. The number of aryl methyl sites for hydroxylation is 4. The van der Waals surface area contributed by atoms with E-state index in [1.807, 2.05) is 74.9 Å². The van der Waals surface area contributed by atoms with Gasteiger partial charge in [-0.3, -0.25) is 9.36 Å². The molecule has 1 N–H and O–H groups in total. The van der Waals surface area contributed by atoms with Crippen LogP contribution in [0.4, 0.5) is 21.6 Å². The van der Waals surface area contributed by atoms with Crippen molar-refractivity contribution in [3.8, 4) is 0 Å². The summed E-state index contributed by atoms with van der Waals surface area (Å²) in [5.41, 5.74) is 4.87. The lowest BCUT2D eigenvalue weighted by molar-refractivity contribution is 0.571. The number of hydrogen-bond acceptors (Lipinski definition) is 8. The van der Waals surface area contributed by atoms with Crippen LogP contribution in [0.25, 0.3) is 0 Å². The molecule has 0 spiro atoms. The largest absolute Gasteiger partial charge is 0.376 e. The van der Waals surface area contributed by atoms with Crippen LogP contribution in [-0.2, 0) is 7.05 Å². The zero-order chi connectivity index (χ0) is 30.0. The van der Waals surface area contributed by atoms with Crippen LogP contribution in [-0.4, -0.2) is 50.9 Å². The monoisotopic (exact) mass is 589 g/mol. The number of thioether (sulfide) groups is 1. The predicted octanol–water partition coefficient (Wildman–Crippen LogP) is 5.82. The van der Waals surface area contributed by atoms with Crippen LogP contribution < -0.4 is 20.7 Å². The Balaban J connectivity index is 1.50. The number of hydrogen-bond donors (Lipinski definition) is 1. The highest BCUT2D eigenvalue weighted by Crippen LogP contribution is 2.41. The summed E-state index contributed by atoms with van der Waals surface area (Å²) in [7, 11) is 1.66. The summed E-state index contributed by atoms with van der Waals surface area (Å²) in [6.45, 7) is 12.1. The quantitative estimate of drug-likeness (QED) is 0.369. The molecule has 0 amide bonds. The third kappa shape index (κ3) is 7.03. The Labute approximate surface area is 251 Å². The molecule has 1 aliphatic carbocycles. The molecule has 4 heterocycles. The molecule has 1 atom stereocenters. The maximum Gasteiger partial charge on any atom is 0.254 e. The fraction of sp³-hybridized carbons (Fsp3) is 0.438. The smallest absolute Gasteiger partial charge is 0.254 e. The van der Waals surface area contributed by atoms with Crippen LogP contribution in [0.1, 0.15) is 54.0 Å². The van der Waals surface area contributed by atoms with E-state index < -0.39 is 5.82 Å². The third-order valence-corrected chi connectivity index (χ3v) is 9.03. The van der Waals surface area contributed by atoms with Gasteiger partial charge >= 0.3 is 0 Å². The highest BCUT2D eigenvalue weighted by atomic mass is 32.2. The maximum absolute atomic E-state index is 16.4. The van der Waals surface area contributed by atoms with Crippen LogP contribution in [0, 0.1) is 33.5 Å². The summed E-state index contributed by atoms with van der Waals surface area (Å²) >= 11 is 1.81. The van der Waals surface area contributed by atoms with Crippen LogP contribution in [0.15, 0.2) is 52.5 Å². The van der Waals surface area contributed by atoms with Gasteiger partial charge in [-0.2, -0.15) is 0 Å². The Morgan fingerprint density at radius 1 is 0.976 bits per heavy atom. The summed E-state index contributed by atoms with van der Waals surface area (Å²) in [4.78, 5) is 30.9. The predicted molar refractivity (Wildman–Crippen MR) is 170 cm³/mol. The summed E-state index contributed by atoms with van der Waals surface area (Å²) in [6.07, 6.45) is 6.07. The SMILES string of the molecule is Cc1cc(C(C)Nc2ccc(C)nc2SC2CC2)cc(F)c(N2CCN(c3cnc(C)nc3)CC2)n(C)c(=O)c(C)c1. The van der Waals surface area contributed by atoms with Crippen molar-refractivity contribution in [2.75, 3.05) is 41.3 Å². The molecule has 10 heteroatoms. The molecule has 1 aliphatic heterocycles. The minimum atomic E-state index is -0.435. The van der Waals surface area contributed by atoms with Crippen molar-refractivity contribution in [3.05, 3.63) is 87.1 Å². The zero-order valence-corrected chi connectivity index (χ0v) is 26.1. The van der Waals surface area contributed by atoms with Gasteiger partial charge in [0.05, 0.1) is 23.8 Å². The van der Waals surface area contributed by atoms with Crippen molar-refractivity contribution in [1.82, 2.24) is 19.5 Å². The molecular formula is C32H40FN7OS. The lowest BCUT2D eigenvalue weighted by Gasteiger charge is -2.37. The molecule has 222 valence electrons. The van der Waals surface area contributed by atoms with Gasteiger partial charge in [-0.15, -0.1) is 11.8 Å². The summed E-state index contributed by atoms with van der Waals surface area (Å²) in [5.74, 6) is 0.573. The molecule has 3 aromatic rings. The standard InChI is InChI=1S/C32H40FN7OS/c1-20-15-21(2)32(41)38(6)31(40-13-11-39(12-14-40)26-18-34-24(5)35-19-26)28(33)17-25(16-20)23(4)37-29-10-7-22(3)36-30(29)42-27-8-9-27/h7,10,15-19,23,27,37H,8-9,11-14H2,1-6H3. The van der Waals surface area contributed by atoms with Gasteiger partial charge in [0.25, 0.3) is 5.56 Å². The lowest BCUT2D eigenvalue weighted by atomic mass is 10.1. The van der Waals surface area contributed by atoms with Crippen LogP contribution in [0.2, 0.25) is 0 Å². The van der Waals surface area contributed by atoms with Gasteiger partial charge in [0.2, 0.25) is 0 Å². The number of nitrogens with zero attached hydrogens (tertiary/aromatic N) is 6.